The second-order valence-electron chi connectivity index (χ2n) is 5.96. The zero-order valence-electron chi connectivity index (χ0n) is 12.7. The van der Waals surface area contributed by atoms with Crippen LogP contribution in [0.2, 0.25) is 0 Å². The number of ether oxygens (including phenoxy) is 1. The highest BCUT2D eigenvalue weighted by Gasteiger charge is 2.19. The average Bonchev–Trinajstić information content (AvgIpc) is 3.33. The van der Waals surface area contributed by atoms with Crippen LogP contribution < -0.4 is 10.1 Å². The molecule has 1 heterocycles. The maximum atomic E-state index is 5.94. The van der Waals surface area contributed by atoms with E-state index < -0.39 is 0 Å². The maximum absolute atomic E-state index is 5.94. The third-order valence-corrected chi connectivity index (χ3v) is 5.11. The van der Waals surface area contributed by atoms with Crippen molar-refractivity contribution in [1.82, 2.24) is 10.2 Å². The Morgan fingerprint density at radius 3 is 3.10 bits per heavy atom. The third kappa shape index (κ3) is 5.53. The standard InChI is InChI=1S/C17H26N2OS/c1-3-15(14-18-16-5-6-16)13-17(4-1)20-10-8-19-7-2-11-21-12-9-19/h1,3-4,13,16,18H,2,5-12,14H2. The van der Waals surface area contributed by atoms with Crippen LogP contribution in [0.4, 0.5) is 0 Å². The van der Waals surface area contributed by atoms with E-state index in [0.717, 1.165) is 31.5 Å². The first kappa shape index (κ1) is 15.2. The molecule has 0 spiro atoms. The van der Waals surface area contributed by atoms with Crippen LogP contribution in [-0.4, -0.2) is 48.7 Å². The fourth-order valence-electron chi connectivity index (χ4n) is 2.61. The van der Waals surface area contributed by atoms with Gasteiger partial charge in [-0.1, -0.05) is 12.1 Å². The van der Waals surface area contributed by atoms with Gasteiger partial charge in [0.15, 0.2) is 0 Å². The summed E-state index contributed by atoms with van der Waals surface area (Å²) in [5.41, 5.74) is 1.32. The van der Waals surface area contributed by atoms with Gasteiger partial charge in [0, 0.05) is 31.4 Å². The summed E-state index contributed by atoms with van der Waals surface area (Å²) in [5, 5.41) is 3.55. The maximum Gasteiger partial charge on any atom is 0.119 e. The van der Waals surface area contributed by atoms with Gasteiger partial charge >= 0.3 is 0 Å². The van der Waals surface area contributed by atoms with Crippen LogP contribution in [0.1, 0.15) is 24.8 Å². The lowest BCUT2D eigenvalue weighted by Crippen LogP contribution is -2.30. The van der Waals surface area contributed by atoms with E-state index in [1.165, 1.54) is 49.4 Å². The fourth-order valence-corrected chi connectivity index (χ4v) is 3.53. The molecule has 2 fully saturated rings. The van der Waals surface area contributed by atoms with Gasteiger partial charge in [0.1, 0.15) is 12.4 Å². The largest absolute Gasteiger partial charge is 0.492 e. The Balaban J connectivity index is 1.40. The SMILES string of the molecule is c1cc(CNC2CC2)cc(OCCN2CCCSCC2)c1. The van der Waals surface area contributed by atoms with Crippen molar-refractivity contribution in [1.29, 1.82) is 0 Å². The molecule has 21 heavy (non-hydrogen) atoms. The highest BCUT2D eigenvalue weighted by atomic mass is 32.2. The summed E-state index contributed by atoms with van der Waals surface area (Å²) in [5.74, 6) is 3.59. The molecule has 1 aliphatic heterocycles. The van der Waals surface area contributed by atoms with E-state index in [0.29, 0.717) is 0 Å². The van der Waals surface area contributed by atoms with Crippen LogP contribution >= 0.6 is 11.8 Å². The van der Waals surface area contributed by atoms with E-state index in [9.17, 15) is 0 Å². The summed E-state index contributed by atoms with van der Waals surface area (Å²) < 4.78 is 5.94. The lowest BCUT2D eigenvalue weighted by molar-refractivity contribution is 0.219. The Hall–Kier alpha value is -0.710. The van der Waals surface area contributed by atoms with E-state index in [-0.39, 0.29) is 0 Å². The van der Waals surface area contributed by atoms with Gasteiger partial charge in [0.25, 0.3) is 0 Å². The Morgan fingerprint density at radius 2 is 2.19 bits per heavy atom. The quantitative estimate of drug-likeness (QED) is 0.837. The predicted octanol–water partition coefficient (Wildman–Crippen LogP) is 2.76. The first-order chi connectivity index (χ1) is 10.4. The van der Waals surface area contributed by atoms with Crippen LogP contribution in [0.3, 0.4) is 0 Å². The van der Waals surface area contributed by atoms with Crippen molar-refractivity contribution in [3.05, 3.63) is 29.8 Å². The van der Waals surface area contributed by atoms with Crippen molar-refractivity contribution in [2.75, 3.05) is 37.7 Å². The molecule has 1 aliphatic carbocycles. The van der Waals surface area contributed by atoms with E-state index >= 15 is 0 Å². The normalized spacial score (nSPS) is 20.2. The molecule has 116 valence electrons. The van der Waals surface area contributed by atoms with Crippen molar-refractivity contribution in [3.63, 3.8) is 0 Å². The third-order valence-electron chi connectivity index (χ3n) is 4.06. The molecule has 4 heteroatoms. The first-order valence-electron chi connectivity index (χ1n) is 8.15. The number of nitrogens with one attached hydrogen (secondary N) is 1. The molecular formula is C17H26N2OS. The second-order valence-corrected chi connectivity index (χ2v) is 7.18. The molecule has 1 aromatic rings. The number of hydrogen-bond donors (Lipinski definition) is 1. The minimum absolute atomic E-state index is 0.760. The molecule has 0 aromatic heterocycles. The molecule has 0 radical (unpaired) electrons. The van der Waals surface area contributed by atoms with Gasteiger partial charge in [-0.3, -0.25) is 4.90 Å². The molecule has 3 nitrogen and oxygen atoms in total. The minimum Gasteiger partial charge on any atom is -0.492 e. The molecule has 3 rings (SSSR count). The number of hydrogen-bond acceptors (Lipinski definition) is 4. The lowest BCUT2D eigenvalue weighted by Gasteiger charge is -2.19. The summed E-state index contributed by atoms with van der Waals surface area (Å²) in [6.07, 6.45) is 3.99. The lowest BCUT2D eigenvalue weighted by atomic mass is 10.2. The van der Waals surface area contributed by atoms with Crippen molar-refractivity contribution in [2.45, 2.75) is 31.8 Å². The van der Waals surface area contributed by atoms with Crippen LogP contribution in [0.5, 0.6) is 5.75 Å². The molecule has 1 saturated carbocycles. The summed E-state index contributed by atoms with van der Waals surface area (Å²) in [4.78, 5) is 2.53. The van der Waals surface area contributed by atoms with Gasteiger partial charge in [0.2, 0.25) is 0 Å². The molecule has 1 saturated heterocycles. The highest BCUT2D eigenvalue weighted by Crippen LogP contribution is 2.20. The molecular weight excluding hydrogens is 280 g/mol. The average molecular weight is 306 g/mol. The Bertz CT molecular complexity index is 429. The van der Waals surface area contributed by atoms with Gasteiger partial charge < -0.3 is 10.1 Å². The smallest absolute Gasteiger partial charge is 0.119 e. The van der Waals surface area contributed by atoms with Crippen molar-refractivity contribution in [3.8, 4) is 5.75 Å². The first-order valence-corrected chi connectivity index (χ1v) is 9.31. The van der Waals surface area contributed by atoms with Crippen LogP contribution in [0, 0.1) is 0 Å². The van der Waals surface area contributed by atoms with E-state index in [1.807, 2.05) is 0 Å². The monoisotopic (exact) mass is 306 g/mol. The Morgan fingerprint density at radius 1 is 1.24 bits per heavy atom. The summed E-state index contributed by atoms with van der Waals surface area (Å²) >= 11 is 2.07. The topological polar surface area (TPSA) is 24.5 Å². The molecule has 1 aromatic carbocycles. The van der Waals surface area contributed by atoms with Gasteiger partial charge in [-0.25, -0.2) is 0 Å². The highest BCUT2D eigenvalue weighted by molar-refractivity contribution is 7.99. The summed E-state index contributed by atoms with van der Waals surface area (Å²) in [6, 6.07) is 9.28. The summed E-state index contributed by atoms with van der Waals surface area (Å²) in [7, 11) is 0. The molecule has 0 unspecified atom stereocenters. The molecule has 0 amide bonds. The van der Waals surface area contributed by atoms with Crippen LogP contribution in [0.15, 0.2) is 24.3 Å². The molecule has 2 aliphatic rings. The zero-order valence-corrected chi connectivity index (χ0v) is 13.5. The van der Waals surface area contributed by atoms with Crippen LogP contribution in [0.25, 0.3) is 0 Å². The number of benzene rings is 1. The summed E-state index contributed by atoms with van der Waals surface area (Å²) in [6.45, 7) is 5.24. The Labute approximate surface area is 132 Å². The molecule has 1 N–H and O–H groups in total. The van der Waals surface area contributed by atoms with Crippen molar-refractivity contribution in [2.24, 2.45) is 0 Å². The number of rotatable bonds is 7. The van der Waals surface area contributed by atoms with Crippen molar-refractivity contribution >= 4 is 11.8 Å². The minimum atomic E-state index is 0.760. The predicted molar refractivity (Wildman–Crippen MR) is 90.2 cm³/mol. The van der Waals surface area contributed by atoms with E-state index in [2.05, 4.69) is 46.2 Å². The number of thioether (sulfide) groups is 1. The second kappa shape index (κ2) is 8.06. The molecule has 0 bridgehead atoms. The molecule has 0 atom stereocenters. The Kier molecular flexibility index (Phi) is 5.83. The number of nitrogens with zero attached hydrogens (tertiary/aromatic N) is 1. The van der Waals surface area contributed by atoms with E-state index in [4.69, 9.17) is 4.74 Å². The fraction of sp³-hybridized carbons (Fsp3) is 0.647. The van der Waals surface area contributed by atoms with Crippen LogP contribution in [-0.2, 0) is 6.54 Å². The van der Waals surface area contributed by atoms with Gasteiger partial charge in [-0.05, 0) is 49.3 Å². The van der Waals surface area contributed by atoms with E-state index in [1.54, 1.807) is 0 Å². The van der Waals surface area contributed by atoms with Gasteiger partial charge in [0.05, 0.1) is 0 Å². The van der Waals surface area contributed by atoms with Crippen molar-refractivity contribution < 1.29 is 4.74 Å². The van der Waals surface area contributed by atoms with Gasteiger partial charge in [-0.2, -0.15) is 11.8 Å². The van der Waals surface area contributed by atoms with Gasteiger partial charge in [-0.15, -0.1) is 0 Å². The zero-order chi connectivity index (χ0) is 14.3.